The highest BCUT2D eigenvalue weighted by Gasteiger charge is 2.03. The summed E-state index contributed by atoms with van der Waals surface area (Å²) < 4.78 is 2.77. The average Bonchev–Trinajstić information content (AvgIpc) is 2.56. The monoisotopic (exact) mass is 283 g/mol. The summed E-state index contributed by atoms with van der Waals surface area (Å²) in [6, 6.07) is 5.88. The number of benzene rings is 1. The SMILES string of the molecule is Cn1cc(Sc2ccc(Br)cc2N)cn1. The largest absolute Gasteiger partial charge is 0.398 e. The van der Waals surface area contributed by atoms with Crippen LogP contribution in [0.1, 0.15) is 0 Å². The van der Waals surface area contributed by atoms with Crippen LogP contribution in [0, 0.1) is 0 Å². The molecule has 2 aromatic rings. The zero-order chi connectivity index (χ0) is 10.8. The van der Waals surface area contributed by atoms with Gasteiger partial charge in [0.05, 0.1) is 11.1 Å². The third-order valence-electron chi connectivity index (χ3n) is 1.88. The molecule has 0 saturated heterocycles. The Balaban J connectivity index is 2.24. The predicted octanol–water partition coefficient (Wildman–Crippen LogP) is 2.92. The van der Waals surface area contributed by atoms with E-state index in [0.29, 0.717) is 0 Å². The molecule has 0 bridgehead atoms. The van der Waals surface area contributed by atoms with E-state index in [2.05, 4.69) is 21.0 Å². The van der Waals surface area contributed by atoms with Gasteiger partial charge in [0.15, 0.2) is 0 Å². The maximum Gasteiger partial charge on any atom is 0.0629 e. The van der Waals surface area contributed by atoms with Crippen molar-refractivity contribution in [3.05, 3.63) is 35.1 Å². The zero-order valence-corrected chi connectivity index (χ0v) is 10.5. The molecule has 0 aliphatic carbocycles. The lowest BCUT2D eigenvalue weighted by atomic mass is 10.3. The molecule has 78 valence electrons. The Morgan fingerprint density at radius 3 is 2.87 bits per heavy atom. The quantitative estimate of drug-likeness (QED) is 0.862. The fourth-order valence-electron chi connectivity index (χ4n) is 1.19. The average molecular weight is 284 g/mol. The molecule has 0 aliphatic heterocycles. The van der Waals surface area contributed by atoms with E-state index in [1.807, 2.05) is 37.6 Å². The minimum Gasteiger partial charge on any atom is -0.398 e. The second-order valence-electron chi connectivity index (χ2n) is 3.13. The lowest BCUT2D eigenvalue weighted by molar-refractivity contribution is 0.766. The minimum absolute atomic E-state index is 0.776. The van der Waals surface area contributed by atoms with Crippen LogP contribution in [0.15, 0.2) is 44.9 Å². The van der Waals surface area contributed by atoms with Crippen LogP contribution in [0.2, 0.25) is 0 Å². The Hall–Kier alpha value is -0.940. The van der Waals surface area contributed by atoms with Gasteiger partial charge in [-0.1, -0.05) is 27.7 Å². The number of nitrogens with zero attached hydrogens (tertiary/aromatic N) is 2. The molecule has 15 heavy (non-hydrogen) atoms. The molecule has 0 fully saturated rings. The number of hydrogen-bond acceptors (Lipinski definition) is 3. The summed E-state index contributed by atoms with van der Waals surface area (Å²) >= 11 is 4.99. The van der Waals surface area contributed by atoms with Crippen LogP contribution in [0.25, 0.3) is 0 Å². The molecule has 0 spiro atoms. The zero-order valence-electron chi connectivity index (χ0n) is 8.14. The Kier molecular flexibility index (Phi) is 3.02. The lowest BCUT2D eigenvalue weighted by Crippen LogP contribution is -1.87. The molecular formula is C10H10BrN3S. The number of anilines is 1. The first-order valence-corrected chi connectivity index (χ1v) is 5.97. The maximum atomic E-state index is 5.90. The van der Waals surface area contributed by atoms with Crippen molar-refractivity contribution in [3.8, 4) is 0 Å². The molecule has 0 saturated carbocycles. The van der Waals surface area contributed by atoms with Gasteiger partial charge in [-0.3, -0.25) is 4.68 Å². The summed E-state index contributed by atoms with van der Waals surface area (Å²) in [6.45, 7) is 0. The van der Waals surface area contributed by atoms with Crippen molar-refractivity contribution < 1.29 is 0 Å². The van der Waals surface area contributed by atoms with Crippen molar-refractivity contribution in [2.24, 2.45) is 7.05 Å². The van der Waals surface area contributed by atoms with Gasteiger partial charge >= 0.3 is 0 Å². The fraction of sp³-hybridized carbons (Fsp3) is 0.100. The first kappa shape index (κ1) is 10.6. The van der Waals surface area contributed by atoms with E-state index in [1.54, 1.807) is 16.4 Å². The van der Waals surface area contributed by atoms with Crippen LogP contribution in [-0.2, 0) is 7.05 Å². The van der Waals surface area contributed by atoms with Crippen molar-refractivity contribution in [2.45, 2.75) is 9.79 Å². The van der Waals surface area contributed by atoms with Gasteiger partial charge in [-0.05, 0) is 18.2 Å². The number of halogens is 1. The number of nitrogen functional groups attached to an aromatic ring is 1. The van der Waals surface area contributed by atoms with E-state index in [-0.39, 0.29) is 0 Å². The number of aromatic nitrogens is 2. The molecule has 3 nitrogen and oxygen atoms in total. The highest BCUT2D eigenvalue weighted by Crippen LogP contribution is 2.33. The van der Waals surface area contributed by atoms with Gasteiger partial charge in [0, 0.05) is 28.3 Å². The summed E-state index contributed by atoms with van der Waals surface area (Å²) in [7, 11) is 1.90. The van der Waals surface area contributed by atoms with E-state index < -0.39 is 0 Å². The van der Waals surface area contributed by atoms with Crippen molar-refractivity contribution >= 4 is 33.4 Å². The Morgan fingerprint density at radius 1 is 1.47 bits per heavy atom. The van der Waals surface area contributed by atoms with Crippen molar-refractivity contribution in [1.29, 1.82) is 0 Å². The van der Waals surface area contributed by atoms with Crippen LogP contribution in [0.4, 0.5) is 5.69 Å². The number of nitrogens with two attached hydrogens (primary N) is 1. The second kappa shape index (κ2) is 4.28. The standard InChI is InChI=1S/C10H10BrN3S/c1-14-6-8(5-13-14)15-10-3-2-7(11)4-9(10)12/h2-6H,12H2,1H3. The number of hydrogen-bond donors (Lipinski definition) is 1. The molecule has 0 aliphatic rings. The summed E-state index contributed by atoms with van der Waals surface area (Å²) in [5.41, 5.74) is 6.67. The smallest absolute Gasteiger partial charge is 0.0629 e. The van der Waals surface area contributed by atoms with Gasteiger partial charge in [0.1, 0.15) is 0 Å². The summed E-state index contributed by atoms with van der Waals surface area (Å²) in [5, 5.41) is 4.11. The molecule has 1 aromatic carbocycles. The topological polar surface area (TPSA) is 43.8 Å². The second-order valence-corrected chi connectivity index (χ2v) is 5.16. The number of aryl methyl sites for hydroxylation is 1. The van der Waals surface area contributed by atoms with Gasteiger partial charge in [-0.25, -0.2) is 0 Å². The van der Waals surface area contributed by atoms with E-state index in [1.165, 1.54) is 0 Å². The van der Waals surface area contributed by atoms with Gasteiger partial charge in [-0.2, -0.15) is 5.10 Å². The first-order chi connectivity index (χ1) is 7.15. The fourth-order valence-corrected chi connectivity index (χ4v) is 2.44. The Bertz CT molecular complexity index is 481. The molecule has 0 unspecified atom stereocenters. The van der Waals surface area contributed by atoms with E-state index >= 15 is 0 Å². The third kappa shape index (κ3) is 2.54. The van der Waals surface area contributed by atoms with E-state index in [0.717, 1.165) is 20.0 Å². The molecule has 5 heteroatoms. The van der Waals surface area contributed by atoms with Gasteiger partial charge in [0.2, 0.25) is 0 Å². The Morgan fingerprint density at radius 2 is 2.27 bits per heavy atom. The van der Waals surface area contributed by atoms with E-state index in [4.69, 9.17) is 5.73 Å². The van der Waals surface area contributed by atoms with Crippen LogP contribution in [0.3, 0.4) is 0 Å². The molecule has 1 heterocycles. The van der Waals surface area contributed by atoms with Gasteiger partial charge < -0.3 is 5.73 Å². The first-order valence-electron chi connectivity index (χ1n) is 4.36. The normalized spacial score (nSPS) is 10.5. The molecular weight excluding hydrogens is 274 g/mol. The predicted molar refractivity (Wildman–Crippen MR) is 65.9 cm³/mol. The molecule has 1 aromatic heterocycles. The highest BCUT2D eigenvalue weighted by molar-refractivity contribution is 9.10. The maximum absolute atomic E-state index is 5.90. The third-order valence-corrected chi connectivity index (χ3v) is 3.41. The molecule has 0 atom stereocenters. The van der Waals surface area contributed by atoms with Crippen LogP contribution in [-0.4, -0.2) is 9.78 Å². The Labute approximate surface area is 101 Å². The van der Waals surface area contributed by atoms with Crippen LogP contribution < -0.4 is 5.73 Å². The summed E-state index contributed by atoms with van der Waals surface area (Å²) in [6.07, 6.45) is 3.79. The van der Waals surface area contributed by atoms with Crippen LogP contribution >= 0.6 is 27.7 Å². The van der Waals surface area contributed by atoms with Crippen molar-refractivity contribution in [1.82, 2.24) is 9.78 Å². The summed E-state index contributed by atoms with van der Waals surface area (Å²) in [5.74, 6) is 0. The van der Waals surface area contributed by atoms with Crippen molar-refractivity contribution in [2.75, 3.05) is 5.73 Å². The summed E-state index contributed by atoms with van der Waals surface area (Å²) in [4.78, 5) is 2.14. The van der Waals surface area contributed by atoms with Crippen molar-refractivity contribution in [3.63, 3.8) is 0 Å². The lowest BCUT2D eigenvalue weighted by Gasteiger charge is -2.03. The van der Waals surface area contributed by atoms with E-state index in [9.17, 15) is 0 Å². The molecule has 0 amide bonds. The van der Waals surface area contributed by atoms with Crippen LogP contribution in [0.5, 0.6) is 0 Å². The van der Waals surface area contributed by atoms with Gasteiger partial charge in [-0.15, -0.1) is 0 Å². The highest BCUT2D eigenvalue weighted by atomic mass is 79.9. The number of rotatable bonds is 2. The minimum atomic E-state index is 0.776. The molecule has 2 N–H and O–H groups in total. The van der Waals surface area contributed by atoms with Gasteiger partial charge in [0.25, 0.3) is 0 Å². The molecule has 0 radical (unpaired) electrons. The molecule has 2 rings (SSSR count).